The van der Waals surface area contributed by atoms with Crippen LogP contribution in [0.4, 0.5) is 0 Å². The van der Waals surface area contributed by atoms with Crippen molar-refractivity contribution < 1.29 is 9.53 Å². The number of esters is 1. The highest BCUT2D eigenvalue weighted by Crippen LogP contribution is 2.27. The molecule has 1 aromatic heterocycles. The number of carbonyl (C=O) groups excluding carboxylic acids is 1. The number of nitrogens with zero attached hydrogens (tertiary/aromatic N) is 3. The summed E-state index contributed by atoms with van der Waals surface area (Å²) in [7, 11) is 0. The molecule has 0 radical (unpaired) electrons. The molecule has 5 nitrogen and oxygen atoms in total. The molecule has 0 N–H and O–H groups in total. The van der Waals surface area contributed by atoms with Crippen molar-refractivity contribution in [2.45, 2.75) is 20.8 Å². The zero-order valence-corrected chi connectivity index (χ0v) is 15.1. The Balaban J connectivity index is 2.51. The largest absolute Gasteiger partial charge is 0.457 e. The summed E-state index contributed by atoms with van der Waals surface area (Å²) >= 11 is 6.48. The summed E-state index contributed by atoms with van der Waals surface area (Å²) in [5.74, 6) is -0.725. The zero-order chi connectivity index (χ0) is 18.6. The van der Waals surface area contributed by atoms with Gasteiger partial charge in [-0.1, -0.05) is 36.4 Å². The number of ether oxygens (including phenoxy) is 1. The lowest BCUT2D eigenvalue weighted by atomic mass is 10.1. The highest BCUT2D eigenvalue weighted by atomic mass is 35.5. The van der Waals surface area contributed by atoms with Crippen LogP contribution >= 0.6 is 11.6 Å². The summed E-state index contributed by atoms with van der Waals surface area (Å²) < 4.78 is 6.51. The predicted molar refractivity (Wildman–Crippen MR) is 97.5 cm³/mol. The first-order valence-corrected chi connectivity index (χ1v) is 7.99. The number of aromatic nitrogens is 2. The van der Waals surface area contributed by atoms with Crippen molar-refractivity contribution >= 4 is 23.6 Å². The lowest BCUT2D eigenvalue weighted by Gasteiger charge is -2.08. The number of benzene rings is 1. The van der Waals surface area contributed by atoms with Crippen LogP contribution in [-0.2, 0) is 9.53 Å². The summed E-state index contributed by atoms with van der Waals surface area (Å²) in [6.07, 6.45) is 2.83. The van der Waals surface area contributed by atoms with Crippen molar-refractivity contribution in [1.82, 2.24) is 9.78 Å². The molecule has 0 bridgehead atoms. The molecule has 0 atom stereocenters. The molecule has 0 amide bonds. The first-order valence-electron chi connectivity index (χ1n) is 7.61. The molecule has 0 unspecified atom stereocenters. The molecule has 0 saturated carbocycles. The number of hydrogen-bond donors (Lipinski definition) is 0. The number of aryl methyl sites for hydroxylation is 3. The van der Waals surface area contributed by atoms with Gasteiger partial charge < -0.3 is 4.74 Å². The van der Waals surface area contributed by atoms with E-state index in [0.717, 1.165) is 16.8 Å². The van der Waals surface area contributed by atoms with Crippen molar-refractivity contribution in [2.75, 3.05) is 6.61 Å². The molecule has 0 fully saturated rings. The van der Waals surface area contributed by atoms with E-state index in [4.69, 9.17) is 16.3 Å². The van der Waals surface area contributed by atoms with Gasteiger partial charge >= 0.3 is 5.97 Å². The Labute approximate surface area is 151 Å². The van der Waals surface area contributed by atoms with Crippen molar-refractivity contribution in [2.24, 2.45) is 0 Å². The summed E-state index contributed by atoms with van der Waals surface area (Å²) in [6.45, 7) is 9.22. The molecule has 0 aliphatic heterocycles. The quantitative estimate of drug-likeness (QED) is 0.350. The van der Waals surface area contributed by atoms with Gasteiger partial charge in [-0.25, -0.2) is 9.48 Å². The summed E-state index contributed by atoms with van der Waals surface area (Å²) in [5.41, 5.74) is 3.90. The maximum absolute atomic E-state index is 11.9. The average Bonchev–Trinajstić information content (AvgIpc) is 2.87. The lowest BCUT2D eigenvalue weighted by molar-refractivity contribution is -0.137. The molecule has 1 heterocycles. The molecule has 1 aromatic carbocycles. The number of rotatable bonds is 5. The minimum Gasteiger partial charge on any atom is -0.457 e. The van der Waals surface area contributed by atoms with Crippen molar-refractivity contribution in [3.63, 3.8) is 0 Å². The van der Waals surface area contributed by atoms with E-state index in [2.05, 4.69) is 11.7 Å². The molecule has 25 heavy (non-hydrogen) atoms. The molecular weight excluding hydrogens is 338 g/mol. The molecule has 0 aliphatic rings. The third-order valence-electron chi connectivity index (χ3n) is 3.60. The van der Waals surface area contributed by atoms with Gasteiger partial charge in [0.25, 0.3) is 0 Å². The third kappa shape index (κ3) is 3.98. The third-order valence-corrected chi connectivity index (χ3v) is 3.97. The molecule has 2 aromatic rings. The summed E-state index contributed by atoms with van der Waals surface area (Å²) in [6, 6.07) is 7.81. The second-order valence-corrected chi connectivity index (χ2v) is 5.91. The zero-order valence-electron chi connectivity index (χ0n) is 14.3. The molecular formula is C19H18ClN3O2. The lowest BCUT2D eigenvalue weighted by Crippen LogP contribution is -2.06. The Morgan fingerprint density at radius 3 is 2.80 bits per heavy atom. The summed E-state index contributed by atoms with van der Waals surface area (Å²) in [4.78, 5) is 11.9. The molecule has 0 spiro atoms. The van der Waals surface area contributed by atoms with Crippen LogP contribution in [0.2, 0.25) is 5.15 Å². The van der Waals surface area contributed by atoms with Gasteiger partial charge in [0, 0.05) is 5.56 Å². The van der Waals surface area contributed by atoms with E-state index in [9.17, 15) is 10.1 Å². The van der Waals surface area contributed by atoms with Crippen LogP contribution < -0.4 is 0 Å². The van der Waals surface area contributed by atoms with Crippen LogP contribution in [0.5, 0.6) is 0 Å². The predicted octanol–water partition coefficient (Wildman–Crippen LogP) is 4.09. The number of halogens is 1. The minimum atomic E-state index is -0.725. The van der Waals surface area contributed by atoms with Gasteiger partial charge in [-0.05, 0) is 44.0 Å². The van der Waals surface area contributed by atoms with E-state index in [1.54, 1.807) is 11.6 Å². The van der Waals surface area contributed by atoms with Crippen molar-refractivity contribution in [3.05, 3.63) is 64.0 Å². The van der Waals surface area contributed by atoms with Crippen LogP contribution in [0.3, 0.4) is 0 Å². The smallest absolute Gasteiger partial charge is 0.349 e. The highest BCUT2D eigenvalue weighted by molar-refractivity contribution is 6.31. The molecule has 6 heteroatoms. The Morgan fingerprint density at radius 1 is 1.44 bits per heavy atom. The molecule has 0 saturated heterocycles. The summed E-state index contributed by atoms with van der Waals surface area (Å²) in [5, 5.41) is 14.0. The van der Waals surface area contributed by atoms with Gasteiger partial charge in [0.15, 0.2) is 0 Å². The van der Waals surface area contributed by atoms with Crippen LogP contribution in [0.15, 0.2) is 36.4 Å². The number of nitriles is 1. The van der Waals surface area contributed by atoms with Gasteiger partial charge in [0.2, 0.25) is 0 Å². The first kappa shape index (κ1) is 18.5. The van der Waals surface area contributed by atoms with Gasteiger partial charge in [0.05, 0.1) is 11.4 Å². The Morgan fingerprint density at radius 2 is 2.16 bits per heavy atom. The van der Waals surface area contributed by atoms with E-state index in [1.165, 1.54) is 12.2 Å². The number of carbonyl (C=O) groups is 1. The van der Waals surface area contributed by atoms with E-state index in [0.29, 0.717) is 16.4 Å². The Kier molecular flexibility index (Phi) is 5.79. The SMILES string of the molecule is C=CCOC(=O)/C(C#N)=C/c1c(C)nn(-c2cc(C)ccc2C)c1Cl. The Bertz CT molecular complexity index is 904. The van der Waals surface area contributed by atoms with Crippen molar-refractivity contribution in [3.8, 4) is 11.8 Å². The van der Waals surface area contributed by atoms with Crippen molar-refractivity contribution in [1.29, 1.82) is 5.26 Å². The standard InChI is InChI=1S/C19H18ClN3O2/c1-5-8-25-19(24)15(11-21)10-16-14(4)22-23(18(16)20)17-9-12(2)6-7-13(17)3/h5-7,9-10H,1,8H2,2-4H3/b15-10+. The monoisotopic (exact) mass is 355 g/mol. The normalized spacial score (nSPS) is 11.1. The highest BCUT2D eigenvalue weighted by Gasteiger charge is 2.18. The van der Waals surface area contributed by atoms with Crippen LogP contribution in [-0.4, -0.2) is 22.4 Å². The Hall–Kier alpha value is -2.84. The van der Waals surface area contributed by atoms with Crippen LogP contribution in [0.25, 0.3) is 11.8 Å². The topological polar surface area (TPSA) is 67.9 Å². The van der Waals surface area contributed by atoms with E-state index >= 15 is 0 Å². The van der Waals surface area contributed by atoms with E-state index in [-0.39, 0.29) is 12.2 Å². The van der Waals surface area contributed by atoms with E-state index < -0.39 is 5.97 Å². The van der Waals surface area contributed by atoms with Gasteiger partial charge in [-0.2, -0.15) is 10.4 Å². The van der Waals surface area contributed by atoms with Crippen LogP contribution in [0.1, 0.15) is 22.4 Å². The second kappa shape index (κ2) is 7.82. The molecule has 0 aliphatic carbocycles. The second-order valence-electron chi connectivity index (χ2n) is 5.55. The maximum Gasteiger partial charge on any atom is 0.349 e. The maximum atomic E-state index is 11.9. The van der Waals surface area contributed by atoms with Gasteiger partial charge in [-0.15, -0.1) is 0 Å². The fourth-order valence-electron chi connectivity index (χ4n) is 2.28. The average molecular weight is 356 g/mol. The fourth-order valence-corrected chi connectivity index (χ4v) is 2.60. The van der Waals surface area contributed by atoms with E-state index in [1.807, 2.05) is 38.1 Å². The first-order chi connectivity index (χ1) is 11.9. The van der Waals surface area contributed by atoms with Crippen LogP contribution in [0, 0.1) is 32.1 Å². The molecule has 128 valence electrons. The fraction of sp³-hybridized carbons (Fsp3) is 0.211. The number of hydrogen-bond acceptors (Lipinski definition) is 4. The molecule has 2 rings (SSSR count). The minimum absolute atomic E-state index is 0.0340. The van der Waals surface area contributed by atoms with Gasteiger partial charge in [0.1, 0.15) is 23.4 Å². The van der Waals surface area contributed by atoms with Gasteiger partial charge in [-0.3, -0.25) is 0 Å².